The number of hydrogen-bond acceptors (Lipinski definition) is 5. The highest BCUT2D eigenvalue weighted by molar-refractivity contribution is 7.80. The number of nitrogens with one attached hydrogen (secondary N) is 1. The molecule has 92 valence electrons. The van der Waals surface area contributed by atoms with Crippen LogP contribution in [0.25, 0.3) is 0 Å². The van der Waals surface area contributed by atoms with Gasteiger partial charge in [0.05, 0.1) is 11.4 Å². The SMILES string of the molecule is NC(=S)c1ncccc1Nc1nc2c(s1)CCC2. The zero-order valence-corrected chi connectivity index (χ0v) is 11.3. The van der Waals surface area contributed by atoms with Crippen LogP contribution in [0.4, 0.5) is 10.8 Å². The van der Waals surface area contributed by atoms with Crippen LogP contribution in [-0.4, -0.2) is 15.0 Å². The maximum Gasteiger partial charge on any atom is 0.187 e. The summed E-state index contributed by atoms with van der Waals surface area (Å²) in [6.07, 6.45) is 5.13. The van der Waals surface area contributed by atoms with Crippen molar-refractivity contribution in [2.75, 3.05) is 5.32 Å². The first-order valence-corrected chi connectivity index (χ1v) is 6.97. The van der Waals surface area contributed by atoms with E-state index < -0.39 is 0 Å². The van der Waals surface area contributed by atoms with Crippen LogP contribution in [0.2, 0.25) is 0 Å². The summed E-state index contributed by atoms with van der Waals surface area (Å²) in [5, 5.41) is 4.15. The van der Waals surface area contributed by atoms with E-state index in [2.05, 4.69) is 15.3 Å². The van der Waals surface area contributed by atoms with Gasteiger partial charge in [0.1, 0.15) is 10.7 Å². The Hall–Kier alpha value is -1.53. The van der Waals surface area contributed by atoms with E-state index in [1.165, 1.54) is 17.0 Å². The Morgan fingerprint density at radius 3 is 3.11 bits per heavy atom. The average molecular weight is 276 g/mol. The molecule has 0 aliphatic heterocycles. The van der Waals surface area contributed by atoms with E-state index in [4.69, 9.17) is 18.0 Å². The smallest absolute Gasteiger partial charge is 0.187 e. The number of pyridine rings is 1. The fraction of sp³-hybridized carbons (Fsp3) is 0.250. The molecular formula is C12H12N4S2. The van der Waals surface area contributed by atoms with Gasteiger partial charge in [0.2, 0.25) is 0 Å². The molecular weight excluding hydrogens is 264 g/mol. The number of nitrogens with zero attached hydrogens (tertiary/aromatic N) is 2. The number of fused-ring (bicyclic) bond motifs is 1. The van der Waals surface area contributed by atoms with Gasteiger partial charge in [-0.3, -0.25) is 4.98 Å². The number of thiazole rings is 1. The molecule has 3 rings (SSSR count). The maximum absolute atomic E-state index is 5.65. The third kappa shape index (κ3) is 2.09. The van der Waals surface area contributed by atoms with Gasteiger partial charge in [-0.05, 0) is 31.4 Å². The second kappa shape index (κ2) is 4.62. The minimum Gasteiger partial charge on any atom is -0.388 e. The highest BCUT2D eigenvalue weighted by Gasteiger charge is 2.17. The highest BCUT2D eigenvalue weighted by atomic mass is 32.1. The molecule has 1 aliphatic rings. The largest absolute Gasteiger partial charge is 0.388 e. The first-order valence-electron chi connectivity index (χ1n) is 5.74. The highest BCUT2D eigenvalue weighted by Crippen LogP contribution is 2.32. The van der Waals surface area contributed by atoms with Gasteiger partial charge < -0.3 is 11.1 Å². The van der Waals surface area contributed by atoms with Gasteiger partial charge in [-0.15, -0.1) is 11.3 Å². The molecule has 0 fully saturated rings. The van der Waals surface area contributed by atoms with Gasteiger partial charge in [-0.1, -0.05) is 12.2 Å². The lowest BCUT2D eigenvalue weighted by molar-refractivity contribution is 0.900. The molecule has 0 spiro atoms. The van der Waals surface area contributed by atoms with Crippen molar-refractivity contribution in [3.05, 3.63) is 34.6 Å². The fourth-order valence-electron chi connectivity index (χ4n) is 2.06. The second-order valence-electron chi connectivity index (χ2n) is 4.13. The van der Waals surface area contributed by atoms with Crippen LogP contribution in [-0.2, 0) is 12.8 Å². The summed E-state index contributed by atoms with van der Waals surface area (Å²) < 4.78 is 0. The monoisotopic (exact) mass is 276 g/mol. The molecule has 0 radical (unpaired) electrons. The van der Waals surface area contributed by atoms with E-state index in [0.29, 0.717) is 10.7 Å². The Kier molecular flexibility index (Phi) is 2.97. The van der Waals surface area contributed by atoms with Crippen molar-refractivity contribution in [2.24, 2.45) is 5.73 Å². The van der Waals surface area contributed by atoms with E-state index in [9.17, 15) is 0 Å². The van der Waals surface area contributed by atoms with Crippen molar-refractivity contribution in [2.45, 2.75) is 19.3 Å². The molecule has 0 atom stereocenters. The number of aromatic nitrogens is 2. The van der Waals surface area contributed by atoms with Gasteiger partial charge in [0.15, 0.2) is 5.13 Å². The Bertz CT molecular complexity index is 584. The van der Waals surface area contributed by atoms with E-state index >= 15 is 0 Å². The van der Waals surface area contributed by atoms with Gasteiger partial charge >= 0.3 is 0 Å². The molecule has 0 amide bonds. The predicted octanol–water partition coefficient (Wildman–Crippen LogP) is 2.40. The summed E-state index contributed by atoms with van der Waals surface area (Å²) >= 11 is 6.69. The first-order chi connectivity index (χ1) is 8.74. The lowest BCUT2D eigenvalue weighted by atomic mass is 10.3. The summed E-state index contributed by atoms with van der Waals surface area (Å²) in [6.45, 7) is 0. The molecule has 0 saturated carbocycles. The van der Waals surface area contributed by atoms with Crippen molar-refractivity contribution in [3.8, 4) is 0 Å². The van der Waals surface area contributed by atoms with Gasteiger partial charge in [0.25, 0.3) is 0 Å². The zero-order chi connectivity index (χ0) is 12.5. The van der Waals surface area contributed by atoms with Crippen molar-refractivity contribution < 1.29 is 0 Å². The van der Waals surface area contributed by atoms with E-state index in [1.807, 2.05) is 12.1 Å². The number of rotatable bonds is 3. The molecule has 1 aliphatic carbocycles. The number of hydrogen-bond donors (Lipinski definition) is 2. The molecule has 18 heavy (non-hydrogen) atoms. The lowest BCUT2D eigenvalue weighted by Gasteiger charge is -2.07. The van der Waals surface area contributed by atoms with Crippen LogP contribution in [0.5, 0.6) is 0 Å². The molecule has 2 heterocycles. The zero-order valence-electron chi connectivity index (χ0n) is 9.64. The summed E-state index contributed by atoms with van der Waals surface area (Å²) in [5.74, 6) is 0. The van der Waals surface area contributed by atoms with Crippen molar-refractivity contribution >= 4 is 39.4 Å². The Balaban J connectivity index is 1.90. The number of nitrogens with two attached hydrogens (primary N) is 1. The van der Waals surface area contributed by atoms with Crippen LogP contribution in [0.1, 0.15) is 22.7 Å². The Morgan fingerprint density at radius 2 is 2.33 bits per heavy atom. The van der Waals surface area contributed by atoms with E-state index in [1.54, 1.807) is 17.5 Å². The molecule has 3 N–H and O–H groups in total. The predicted molar refractivity (Wildman–Crippen MR) is 77.5 cm³/mol. The normalized spacial score (nSPS) is 13.3. The third-order valence-electron chi connectivity index (χ3n) is 2.88. The van der Waals surface area contributed by atoms with Crippen LogP contribution in [0.15, 0.2) is 18.3 Å². The van der Waals surface area contributed by atoms with Gasteiger partial charge in [-0.2, -0.15) is 0 Å². The minimum atomic E-state index is 0.294. The Labute approximate surface area is 114 Å². The standard InChI is InChI=1S/C12H12N4S2/c13-11(17)10-8(4-2-6-14-10)16-12-15-7-3-1-5-9(7)18-12/h2,4,6H,1,3,5H2,(H2,13,17)(H,15,16). The summed E-state index contributed by atoms with van der Waals surface area (Å²) in [7, 11) is 0. The van der Waals surface area contributed by atoms with Crippen molar-refractivity contribution in [3.63, 3.8) is 0 Å². The molecule has 6 heteroatoms. The van der Waals surface area contributed by atoms with Crippen LogP contribution < -0.4 is 11.1 Å². The molecule has 0 unspecified atom stereocenters. The third-order valence-corrected chi connectivity index (χ3v) is 4.14. The molecule has 2 aromatic rings. The maximum atomic E-state index is 5.65. The van der Waals surface area contributed by atoms with Crippen LogP contribution in [0, 0.1) is 0 Å². The molecule has 0 saturated heterocycles. The van der Waals surface area contributed by atoms with Gasteiger partial charge in [-0.25, -0.2) is 4.98 Å². The lowest BCUT2D eigenvalue weighted by Crippen LogP contribution is -2.13. The molecule has 4 nitrogen and oxygen atoms in total. The molecule has 0 aromatic carbocycles. The second-order valence-corrected chi connectivity index (χ2v) is 5.65. The van der Waals surface area contributed by atoms with E-state index in [0.717, 1.165) is 23.7 Å². The summed E-state index contributed by atoms with van der Waals surface area (Å²) in [5.41, 5.74) is 8.31. The first kappa shape index (κ1) is 11.6. The summed E-state index contributed by atoms with van der Waals surface area (Å²) in [6, 6.07) is 3.76. The van der Waals surface area contributed by atoms with Gasteiger partial charge in [0, 0.05) is 11.1 Å². The van der Waals surface area contributed by atoms with Crippen molar-refractivity contribution in [1.82, 2.24) is 9.97 Å². The fourth-order valence-corrected chi connectivity index (χ4v) is 3.29. The Morgan fingerprint density at radius 1 is 1.44 bits per heavy atom. The molecule has 2 aromatic heterocycles. The average Bonchev–Trinajstić information content (AvgIpc) is 2.90. The number of aryl methyl sites for hydroxylation is 2. The van der Waals surface area contributed by atoms with Crippen molar-refractivity contribution in [1.29, 1.82) is 0 Å². The summed E-state index contributed by atoms with van der Waals surface area (Å²) in [4.78, 5) is 10.4. The minimum absolute atomic E-state index is 0.294. The van der Waals surface area contributed by atoms with Crippen LogP contribution >= 0.6 is 23.6 Å². The molecule has 0 bridgehead atoms. The quantitative estimate of drug-likeness (QED) is 0.843. The van der Waals surface area contributed by atoms with Crippen LogP contribution in [0.3, 0.4) is 0 Å². The van der Waals surface area contributed by atoms with E-state index in [-0.39, 0.29) is 0 Å². The number of anilines is 2. The number of thiocarbonyl (C=S) groups is 1. The topological polar surface area (TPSA) is 63.8 Å².